The molecular formula is C18H29N3O. The lowest BCUT2D eigenvalue weighted by atomic mass is 10.1. The van der Waals surface area contributed by atoms with Crippen LogP contribution in [0.2, 0.25) is 0 Å². The fraction of sp³-hybridized carbons (Fsp3) is 0.611. The van der Waals surface area contributed by atoms with E-state index in [4.69, 9.17) is 0 Å². The first-order valence-corrected chi connectivity index (χ1v) is 8.53. The maximum Gasteiger partial charge on any atom is 0.322 e. The summed E-state index contributed by atoms with van der Waals surface area (Å²) in [5.74, 6) is 0. The van der Waals surface area contributed by atoms with Gasteiger partial charge in [0.25, 0.3) is 0 Å². The quantitative estimate of drug-likeness (QED) is 0.784. The Labute approximate surface area is 134 Å². The van der Waals surface area contributed by atoms with Gasteiger partial charge >= 0.3 is 6.03 Å². The largest absolute Gasteiger partial charge is 0.341 e. The molecule has 4 nitrogen and oxygen atoms in total. The van der Waals surface area contributed by atoms with E-state index in [1.54, 1.807) is 7.05 Å². The minimum absolute atomic E-state index is 0.0323. The zero-order valence-corrected chi connectivity index (χ0v) is 14.2. The lowest BCUT2D eigenvalue weighted by Gasteiger charge is -2.30. The predicted molar refractivity (Wildman–Crippen MR) is 92.4 cm³/mol. The number of rotatable bonds is 7. The molecule has 0 aromatic heterocycles. The Morgan fingerprint density at radius 1 is 1.14 bits per heavy atom. The Morgan fingerprint density at radius 3 is 2.45 bits per heavy atom. The van der Waals surface area contributed by atoms with Crippen molar-refractivity contribution in [1.82, 2.24) is 10.2 Å². The molecule has 2 amide bonds. The van der Waals surface area contributed by atoms with Gasteiger partial charge in [-0.2, -0.15) is 0 Å². The number of urea groups is 1. The van der Waals surface area contributed by atoms with Crippen LogP contribution in [0.3, 0.4) is 0 Å². The molecule has 122 valence electrons. The zero-order valence-electron chi connectivity index (χ0n) is 14.2. The van der Waals surface area contributed by atoms with Crippen molar-refractivity contribution in [1.29, 1.82) is 0 Å². The second kappa shape index (κ2) is 8.18. The van der Waals surface area contributed by atoms with Crippen LogP contribution >= 0.6 is 0 Å². The SMILES string of the molecule is CCCN(CCC)CN(C(=O)NC)c1ccc2c(c1)CCC2. The second-order valence-electron chi connectivity index (χ2n) is 6.05. The lowest BCUT2D eigenvalue weighted by molar-refractivity contribution is 0.234. The average Bonchev–Trinajstić information content (AvgIpc) is 2.99. The molecule has 0 aliphatic heterocycles. The highest BCUT2D eigenvalue weighted by molar-refractivity contribution is 5.91. The number of nitrogens with one attached hydrogen (secondary N) is 1. The summed E-state index contributed by atoms with van der Waals surface area (Å²) in [5.41, 5.74) is 3.86. The Bertz CT molecular complexity index is 495. The van der Waals surface area contributed by atoms with Crippen molar-refractivity contribution in [3.8, 4) is 0 Å². The van der Waals surface area contributed by atoms with Gasteiger partial charge in [-0.25, -0.2) is 4.79 Å². The van der Waals surface area contributed by atoms with Gasteiger partial charge < -0.3 is 5.32 Å². The maximum atomic E-state index is 12.3. The van der Waals surface area contributed by atoms with E-state index >= 15 is 0 Å². The summed E-state index contributed by atoms with van der Waals surface area (Å²) >= 11 is 0. The number of hydrogen-bond donors (Lipinski definition) is 1. The first kappa shape index (κ1) is 16.8. The van der Waals surface area contributed by atoms with Crippen LogP contribution in [0.4, 0.5) is 10.5 Å². The van der Waals surface area contributed by atoms with Crippen LogP contribution in [0.15, 0.2) is 18.2 Å². The van der Waals surface area contributed by atoms with Crippen LogP contribution in [0.1, 0.15) is 44.2 Å². The van der Waals surface area contributed by atoms with Gasteiger partial charge in [-0.05, 0) is 68.5 Å². The van der Waals surface area contributed by atoms with E-state index in [1.165, 1.54) is 24.0 Å². The highest BCUT2D eigenvalue weighted by Crippen LogP contribution is 2.27. The summed E-state index contributed by atoms with van der Waals surface area (Å²) in [6.07, 6.45) is 5.75. The minimum Gasteiger partial charge on any atom is -0.341 e. The summed E-state index contributed by atoms with van der Waals surface area (Å²) in [5, 5.41) is 2.78. The van der Waals surface area contributed by atoms with Crippen molar-refractivity contribution >= 4 is 11.7 Å². The van der Waals surface area contributed by atoms with Crippen LogP contribution < -0.4 is 10.2 Å². The normalized spacial score (nSPS) is 13.3. The third kappa shape index (κ3) is 4.01. The van der Waals surface area contributed by atoms with Gasteiger partial charge in [0.2, 0.25) is 0 Å². The van der Waals surface area contributed by atoms with Crippen LogP contribution in [0.5, 0.6) is 0 Å². The molecule has 1 aromatic rings. The van der Waals surface area contributed by atoms with E-state index in [0.29, 0.717) is 6.67 Å². The van der Waals surface area contributed by atoms with Crippen molar-refractivity contribution in [3.63, 3.8) is 0 Å². The molecule has 0 bridgehead atoms. The molecule has 0 radical (unpaired) electrons. The maximum absolute atomic E-state index is 12.3. The first-order chi connectivity index (χ1) is 10.7. The summed E-state index contributed by atoms with van der Waals surface area (Å²) < 4.78 is 0. The Morgan fingerprint density at radius 2 is 1.82 bits per heavy atom. The minimum atomic E-state index is -0.0323. The average molecular weight is 303 g/mol. The van der Waals surface area contributed by atoms with E-state index in [0.717, 1.165) is 38.0 Å². The highest BCUT2D eigenvalue weighted by Gasteiger charge is 2.20. The van der Waals surface area contributed by atoms with Gasteiger partial charge in [-0.15, -0.1) is 0 Å². The Hall–Kier alpha value is -1.55. The van der Waals surface area contributed by atoms with Crippen LogP contribution in [-0.4, -0.2) is 37.7 Å². The number of hydrogen-bond acceptors (Lipinski definition) is 2. The van der Waals surface area contributed by atoms with Gasteiger partial charge in [-0.1, -0.05) is 19.9 Å². The van der Waals surface area contributed by atoms with Crippen molar-refractivity contribution < 1.29 is 4.79 Å². The number of benzene rings is 1. The molecule has 0 atom stereocenters. The molecule has 4 heteroatoms. The molecule has 0 saturated carbocycles. The summed E-state index contributed by atoms with van der Waals surface area (Å²) in [6.45, 7) is 7.06. The van der Waals surface area contributed by atoms with Crippen LogP contribution in [0, 0.1) is 0 Å². The number of carbonyl (C=O) groups excluding carboxylic acids is 1. The zero-order chi connectivity index (χ0) is 15.9. The number of carbonyl (C=O) groups is 1. The predicted octanol–water partition coefficient (Wildman–Crippen LogP) is 3.40. The molecule has 1 aromatic carbocycles. The molecule has 2 rings (SSSR count). The van der Waals surface area contributed by atoms with Gasteiger partial charge in [0.15, 0.2) is 0 Å². The summed E-state index contributed by atoms with van der Waals surface area (Å²) in [4.78, 5) is 16.6. The molecule has 1 aliphatic carbocycles. The number of aryl methyl sites for hydroxylation is 2. The molecular weight excluding hydrogens is 274 g/mol. The summed E-state index contributed by atoms with van der Waals surface area (Å²) in [7, 11) is 1.70. The first-order valence-electron chi connectivity index (χ1n) is 8.53. The van der Waals surface area contributed by atoms with Crippen molar-refractivity contribution in [2.75, 3.05) is 31.7 Å². The van der Waals surface area contributed by atoms with Gasteiger partial charge in [0.1, 0.15) is 0 Å². The third-order valence-electron chi connectivity index (χ3n) is 4.27. The van der Waals surface area contributed by atoms with Crippen molar-refractivity contribution in [2.24, 2.45) is 0 Å². The monoisotopic (exact) mass is 303 g/mol. The lowest BCUT2D eigenvalue weighted by Crippen LogP contribution is -2.46. The molecule has 1 N–H and O–H groups in total. The van der Waals surface area contributed by atoms with Gasteiger partial charge in [0.05, 0.1) is 6.67 Å². The Balaban J connectivity index is 2.20. The van der Waals surface area contributed by atoms with E-state index in [-0.39, 0.29) is 6.03 Å². The standard InChI is InChI=1S/C18H29N3O/c1-4-11-20(12-5-2)14-21(18(22)19-3)17-10-9-15-7-6-8-16(15)13-17/h9-10,13H,4-8,11-12,14H2,1-3H3,(H,19,22). The number of nitrogens with zero attached hydrogens (tertiary/aromatic N) is 2. The molecule has 1 aliphatic rings. The van der Waals surface area contributed by atoms with E-state index < -0.39 is 0 Å². The van der Waals surface area contributed by atoms with E-state index in [2.05, 4.69) is 42.3 Å². The number of fused-ring (bicyclic) bond motifs is 1. The molecule has 0 spiro atoms. The molecule has 0 heterocycles. The molecule has 0 fully saturated rings. The second-order valence-corrected chi connectivity index (χ2v) is 6.05. The van der Waals surface area contributed by atoms with Gasteiger partial charge in [0, 0.05) is 12.7 Å². The highest BCUT2D eigenvalue weighted by atomic mass is 16.2. The number of anilines is 1. The fourth-order valence-electron chi connectivity index (χ4n) is 3.21. The number of amides is 2. The molecule has 0 saturated heterocycles. The molecule has 22 heavy (non-hydrogen) atoms. The fourth-order valence-corrected chi connectivity index (χ4v) is 3.21. The van der Waals surface area contributed by atoms with Gasteiger partial charge in [-0.3, -0.25) is 9.80 Å². The van der Waals surface area contributed by atoms with Crippen LogP contribution in [-0.2, 0) is 12.8 Å². The summed E-state index contributed by atoms with van der Waals surface area (Å²) in [6, 6.07) is 6.45. The van der Waals surface area contributed by atoms with E-state index in [9.17, 15) is 4.79 Å². The van der Waals surface area contributed by atoms with Crippen LogP contribution in [0.25, 0.3) is 0 Å². The topological polar surface area (TPSA) is 35.6 Å². The smallest absolute Gasteiger partial charge is 0.322 e. The molecule has 0 unspecified atom stereocenters. The Kier molecular flexibility index (Phi) is 6.25. The van der Waals surface area contributed by atoms with Crippen molar-refractivity contribution in [3.05, 3.63) is 29.3 Å². The van der Waals surface area contributed by atoms with Crippen molar-refractivity contribution in [2.45, 2.75) is 46.0 Å². The van der Waals surface area contributed by atoms with E-state index in [1.807, 2.05) is 4.90 Å². The third-order valence-corrected chi connectivity index (χ3v) is 4.27.